The summed E-state index contributed by atoms with van der Waals surface area (Å²) < 4.78 is 5.05. The molecule has 1 heterocycles. The smallest absolute Gasteiger partial charge is 0.217 e. The van der Waals surface area contributed by atoms with Crippen LogP contribution >= 0.6 is 0 Å². The molecule has 1 rings (SSSR count). The molecule has 0 bridgehead atoms. The summed E-state index contributed by atoms with van der Waals surface area (Å²) in [6.07, 6.45) is -5.09. The summed E-state index contributed by atoms with van der Waals surface area (Å²) in [4.78, 5) is 21.6. The van der Waals surface area contributed by atoms with Gasteiger partial charge in [0.2, 0.25) is 11.8 Å². The molecule has 104 valence electrons. The second-order valence-corrected chi connectivity index (χ2v) is 4.21. The van der Waals surface area contributed by atoms with Crippen molar-refractivity contribution in [3.63, 3.8) is 0 Å². The second kappa shape index (κ2) is 6.10. The molecule has 0 unspecified atom stereocenters. The maximum atomic E-state index is 10.9. The first-order valence-electron chi connectivity index (χ1n) is 5.54. The predicted molar refractivity (Wildman–Crippen MR) is 59.2 cm³/mol. The Hall–Kier alpha value is -1.22. The molecule has 1 aliphatic rings. The number of carbonyl (C=O) groups is 2. The van der Waals surface area contributed by atoms with Crippen molar-refractivity contribution in [2.75, 3.05) is 6.54 Å². The van der Waals surface area contributed by atoms with Gasteiger partial charge < -0.3 is 30.7 Å². The van der Waals surface area contributed by atoms with Crippen LogP contribution in [0.2, 0.25) is 0 Å². The van der Waals surface area contributed by atoms with Gasteiger partial charge in [0.15, 0.2) is 6.29 Å². The highest BCUT2D eigenvalue weighted by atomic mass is 16.6. The Kier molecular flexibility index (Phi) is 5.03. The first kappa shape index (κ1) is 14.8. The van der Waals surface area contributed by atoms with Crippen molar-refractivity contribution in [3.8, 4) is 0 Å². The number of rotatable bonds is 3. The molecule has 0 spiro atoms. The van der Waals surface area contributed by atoms with Crippen LogP contribution in [-0.4, -0.2) is 64.3 Å². The van der Waals surface area contributed by atoms with E-state index in [0.717, 1.165) is 0 Å². The van der Waals surface area contributed by atoms with Crippen molar-refractivity contribution in [3.05, 3.63) is 0 Å². The summed E-state index contributed by atoms with van der Waals surface area (Å²) in [7, 11) is 0. The number of aliphatic hydroxyl groups is 3. The molecule has 0 aromatic heterocycles. The Morgan fingerprint density at radius 2 is 1.72 bits per heavy atom. The number of carbonyl (C=O) groups excluding carboxylic acids is 2. The van der Waals surface area contributed by atoms with Crippen LogP contribution in [0.25, 0.3) is 0 Å². The zero-order valence-corrected chi connectivity index (χ0v) is 10.2. The van der Waals surface area contributed by atoms with Gasteiger partial charge in [0.05, 0.1) is 0 Å². The highest BCUT2D eigenvalue weighted by Gasteiger charge is 2.44. The number of aliphatic hydroxyl groups excluding tert-OH is 3. The molecule has 18 heavy (non-hydrogen) atoms. The molecule has 0 radical (unpaired) electrons. The second-order valence-electron chi connectivity index (χ2n) is 4.21. The van der Waals surface area contributed by atoms with Crippen molar-refractivity contribution in [2.45, 2.75) is 44.5 Å². The molecule has 1 saturated heterocycles. The zero-order chi connectivity index (χ0) is 13.9. The maximum Gasteiger partial charge on any atom is 0.217 e. The van der Waals surface area contributed by atoms with Crippen LogP contribution < -0.4 is 10.6 Å². The molecule has 8 nitrogen and oxygen atoms in total. The third-order valence-corrected chi connectivity index (χ3v) is 2.64. The standard InChI is InChI=1S/C10H18N2O6/c1-4(13)11-3-6-8(15)9(16)7(10(17)18-6)12-5(2)14/h6-10,15-17H,3H2,1-2H3,(H,11,13)(H,12,14)/t6-,7-,8-,9+,10-/m1/s1. The first-order chi connectivity index (χ1) is 8.32. The fourth-order valence-corrected chi connectivity index (χ4v) is 1.75. The van der Waals surface area contributed by atoms with E-state index in [0.29, 0.717) is 0 Å². The van der Waals surface area contributed by atoms with E-state index < -0.39 is 36.6 Å². The van der Waals surface area contributed by atoms with Crippen molar-refractivity contribution in [1.29, 1.82) is 0 Å². The van der Waals surface area contributed by atoms with Gasteiger partial charge in [-0.25, -0.2) is 0 Å². The highest BCUT2D eigenvalue weighted by molar-refractivity contribution is 5.73. The predicted octanol–water partition coefficient (Wildman–Crippen LogP) is -2.93. The maximum absolute atomic E-state index is 10.9. The minimum absolute atomic E-state index is 0.0442. The molecule has 0 saturated carbocycles. The van der Waals surface area contributed by atoms with Crippen LogP contribution in [0.15, 0.2) is 0 Å². The fourth-order valence-electron chi connectivity index (χ4n) is 1.75. The lowest BCUT2D eigenvalue weighted by Gasteiger charge is -2.40. The van der Waals surface area contributed by atoms with E-state index in [1.165, 1.54) is 13.8 Å². The third-order valence-electron chi connectivity index (χ3n) is 2.64. The van der Waals surface area contributed by atoms with Gasteiger partial charge in [0.1, 0.15) is 24.4 Å². The summed E-state index contributed by atoms with van der Waals surface area (Å²) >= 11 is 0. The van der Waals surface area contributed by atoms with Gasteiger partial charge >= 0.3 is 0 Å². The average molecular weight is 262 g/mol. The molecular weight excluding hydrogens is 244 g/mol. The summed E-state index contributed by atoms with van der Waals surface area (Å²) in [6.45, 7) is 2.47. The van der Waals surface area contributed by atoms with E-state index in [2.05, 4.69) is 10.6 Å². The Labute approximate surface area is 104 Å². The minimum atomic E-state index is -1.45. The van der Waals surface area contributed by atoms with Crippen molar-refractivity contribution >= 4 is 11.8 Å². The molecule has 0 aromatic carbocycles. The van der Waals surface area contributed by atoms with E-state index in [1.54, 1.807) is 0 Å². The Morgan fingerprint density at radius 1 is 1.11 bits per heavy atom. The van der Waals surface area contributed by atoms with Crippen molar-refractivity contribution in [1.82, 2.24) is 10.6 Å². The van der Waals surface area contributed by atoms with Gasteiger partial charge in [0, 0.05) is 20.4 Å². The Balaban J connectivity index is 2.64. The van der Waals surface area contributed by atoms with Gasteiger partial charge in [-0.2, -0.15) is 0 Å². The Morgan fingerprint density at radius 3 is 2.22 bits per heavy atom. The third kappa shape index (κ3) is 3.64. The molecule has 8 heteroatoms. The lowest BCUT2D eigenvalue weighted by atomic mass is 9.96. The zero-order valence-electron chi connectivity index (χ0n) is 10.2. The monoisotopic (exact) mass is 262 g/mol. The molecule has 5 atom stereocenters. The fraction of sp³-hybridized carbons (Fsp3) is 0.800. The summed E-state index contributed by atoms with van der Waals surface area (Å²) in [6, 6.07) is -1.11. The van der Waals surface area contributed by atoms with E-state index in [9.17, 15) is 24.9 Å². The van der Waals surface area contributed by atoms with Gasteiger partial charge in [-0.3, -0.25) is 9.59 Å². The van der Waals surface area contributed by atoms with Crippen LogP contribution in [0.5, 0.6) is 0 Å². The van der Waals surface area contributed by atoms with Crippen LogP contribution in [-0.2, 0) is 14.3 Å². The topological polar surface area (TPSA) is 128 Å². The molecule has 1 fully saturated rings. The summed E-state index contributed by atoms with van der Waals surface area (Å²) in [5, 5.41) is 33.9. The van der Waals surface area contributed by atoms with Crippen molar-refractivity contribution in [2.24, 2.45) is 0 Å². The number of hydrogen-bond acceptors (Lipinski definition) is 6. The number of amides is 2. The van der Waals surface area contributed by atoms with Crippen molar-refractivity contribution < 1.29 is 29.6 Å². The summed E-state index contributed by atoms with van der Waals surface area (Å²) in [5.41, 5.74) is 0. The first-order valence-corrected chi connectivity index (χ1v) is 5.54. The van der Waals surface area contributed by atoms with Crippen LogP contribution in [0.3, 0.4) is 0 Å². The van der Waals surface area contributed by atoms with E-state index in [4.69, 9.17) is 4.74 Å². The molecular formula is C10H18N2O6. The van der Waals surface area contributed by atoms with E-state index in [-0.39, 0.29) is 12.5 Å². The average Bonchev–Trinajstić information content (AvgIpc) is 2.27. The lowest BCUT2D eigenvalue weighted by molar-refractivity contribution is -0.245. The van der Waals surface area contributed by atoms with E-state index in [1.807, 2.05) is 0 Å². The minimum Gasteiger partial charge on any atom is -0.388 e. The number of ether oxygens (including phenoxy) is 1. The molecule has 1 aliphatic heterocycles. The van der Waals surface area contributed by atoms with Gasteiger partial charge in [-0.15, -0.1) is 0 Å². The van der Waals surface area contributed by atoms with Crippen LogP contribution in [0.4, 0.5) is 0 Å². The SMILES string of the molecule is CC(=O)NC[C@H]1O[C@@H](O)[C@H](NC(C)=O)[C@H](O)[C@@H]1O. The van der Waals surface area contributed by atoms with Crippen LogP contribution in [0, 0.1) is 0 Å². The largest absolute Gasteiger partial charge is 0.388 e. The van der Waals surface area contributed by atoms with Gasteiger partial charge in [-0.1, -0.05) is 0 Å². The quantitative estimate of drug-likeness (QED) is 0.370. The van der Waals surface area contributed by atoms with E-state index >= 15 is 0 Å². The molecule has 0 aromatic rings. The molecule has 0 aliphatic carbocycles. The number of hydrogen-bond donors (Lipinski definition) is 5. The molecule has 2 amide bonds. The Bertz CT molecular complexity index is 321. The number of nitrogens with one attached hydrogen (secondary N) is 2. The van der Waals surface area contributed by atoms with Gasteiger partial charge in [-0.05, 0) is 0 Å². The van der Waals surface area contributed by atoms with Gasteiger partial charge in [0.25, 0.3) is 0 Å². The summed E-state index contributed by atoms with van der Waals surface area (Å²) in [5.74, 6) is -0.784. The lowest BCUT2D eigenvalue weighted by Crippen LogP contribution is -2.64. The molecule has 5 N–H and O–H groups in total. The highest BCUT2D eigenvalue weighted by Crippen LogP contribution is 2.19. The normalized spacial score (nSPS) is 35.9. The van der Waals surface area contributed by atoms with Crippen LogP contribution in [0.1, 0.15) is 13.8 Å².